The average Bonchev–Trinajstić information content (AvgIpc) is 2.99. The second kappa shape index (κ2) is 6.82. The predicted octanol–water partition coefficient (Wildman–Crippen LogP) is 2.65. The van der Waals surface area contributed by atoms with E-state index in [0.717, 1.165) is 38.0 Å². The van der Waals surface area contributed by atoms with E-state index in [9.17, 15) is 9.90 Å². The Bertz CT molecular complexity index is 508. The molecule has 5 nitrogen and oxygen atoms in total. The Morgan fingerprint density at radius 1 is 1.36 bits per heavy atom. The van der Waals surface area contributed by atoms with Gasteiger partial charge in [-0.3, -0.25) is 9.48 Å². The summed E-state index contributed by atoms with van der Waals surface area (Å²) >= 11 is 0. The molecule has 0 aliphatic carbocycles. The van der Waals surface area contributed by atoms with Gasteiger partial charge in [-0.15, -0.1) is 0 Å². The van der Waals surface area contributed by atoms with Gasteiger partial charge < -0.3 is 10.0 Å². The van der Waals surface area contributed by atoms with Crippen molar-refractivity contribution in [3.8, 4) is 0 Å². The van der Waals surface area contributed by atoms with Gasteiger partial charge in [0.1, 0.15) is 5.69 Å². The van der Waals surface area contributed by atoms with Crippen molar-refractivity contribution in [1.82, 2.24) is 14.7 Å². The molecule has 1 saturated heterocycles. The highest BCUT2D eigenvalue weighted by Crippen LogP contribution is 2.34. The van der Waals surface area contributed by atoms with Gasteiger partial charge in [-0.05, 0) is 43.6 Å². The fourth-order valence-corrected chi connectivity index (χ4v) is 3.10. The molecule has 2 heterocycles. The van der Waals surface area contributed by atoms with E-state index in [1.807, 2.05) is 22.6 Å². The van der Waals surface area contributed by atoms with Gasteiger partial charge in [-0.2, -0.15) is 5.10 Å². The molecule has 1 amide bonds. The van der Waals surface area contributed by atoms with Gasteiger partial charge in [-0.1, -0.05) is 20.8 Å². The van der Waals surface area contributed by atoms with Gasteiger partial charge in [0.2, 0.25) is 0 Å². The summed E-state index contributed by atoms with van der Waals surface area (Å²) in [4.78, 5) is 14.7. The van der Waals surface area contributed by atoms with Crippen molar-refractivity contribution >= 4 is 5.91 Å². The van der Waals surface area contributed by atoms with Crippen LogP contribution >= 0.6 is 0 Å². The second-order valence-electron chi connectivity index (χ2n) is 6.73. The maximum absolute atomic E-state index is 12.8. The zero-order chi connectivity index (χ0) is 16.3. The molecule has 1 aromatic heterocycles. The average molecular weight is 307 g/mol. The Balaban J connectivity index is 2.13. The third-order valence-electron chi connectivity index (χ3n) is 5.11. The number of carbonyl (C=O) groups excluding carboxylic acids is 1. The van der Waals surface area contributed by atoms with Gasteiger partial charge in [0, 0.05) is 26.2 Å². The topological polar surface area (TPSA) is 58.4 Å². The number of likely N-dealkylation sites (tertiary alicyclic amines) is 1. The van der Waals surface area contributed by atoms with E-state index in [4.69, 9.17) is 0 Å². The quantitative estimate of drug-likeness (QED) is 0.910. The molecular weight excluding hydrogens is 278 g/mol. The highest BCUT2D eigenvalue weighted by molar-refractivity contribution is 5.92. The first-order valence-corrected chi connectivity index (χ1v) is 8.44. The molecule has 22 heavy (non-hydrogen) atoms. The Labute approximate surface area is 133 Å². The third-order valence-corrected chi connectivity index (χ3v) is 5.11. The first kappa shape index (κ1) is 17.0. The summed E-state index contributed by atoms with van der Waals surface area (Å²) in [7, 11) is 0. The zero-order valence-corrected chi connectivity index (χ0v) is 14.3. The maximum atomic E-state index is 12.8. The van der Waals surface area contributed by atoms with Gasteiger partial charge >= 0.3 is 0 Å². The molecule has 2 rings (SSSR count). The van der Waals surface area contributed by atoms with E-state index in [-0.39, 0.29) is 17.9 Å². The molecule has 124 valence electrons. The van der Waals surface area contributed by atoms with Crippen molar-refractivity contribution in [2.24, 2.45) is 5.41 Å². The Morgan fingerprint density at radius 2 is 2.00 bits per heavy atom. The minimum Gasteiger partial charge on any atom is -0.396 e. The van der Waals surface area contributed by atoms with Gasteiger partial charge in [0.05, 0.1) is 5.69 Å². The number of hydrogen-bond acceptors (Lipinski definition) is 3. The predicted molar refractivity (Wildman–Crippen MR) is 86.9 cm³/mol. The molecule has 1 aliphatic rings. The summed E-state index contributed by atoms with van der Waals surface area (Å²) in [6.07, 6.45) is 2.72. The Hall–Kier alpha value is -1.36. The molecule has 0 atom stereocenters. The minimum absolute atomic E-state index is 0.00483. The second-order valence-corrected chi connectivity index (χ2v) is 6.73. The van der Waals surface area contributed by atoms with Crippen LogP contribution in [-0.2, 0) is 6.54 Å². The van der Waals surface area contributed by atoms with Crippen molar-refractivity contribution in [3.63, 3.8) is 0 Å². The van der Waals surface area contributed by atoms with Crippen LogP contribution in [0.1, 0.15) is 69.1 Å². The molecule has 1 aromatic rings. The fraction of sp³-hybridized carbons (Fsp3) is 0.765. The summed E-state index contributed by atoms with van der Waals surface area (Å²) in [5.74, 6) is 0.395. The first-order valence-electron chi connectivity index (χ1n) is 8.44. The fourth-order valence-electron chi connectivity index (χ4n) is 3.10. The lowest BCUT2D eigenvalue weighted by atomic mass is 9.77. The van der Waals surface area contributed by atoms with Crippen LogP contribution < -0.4 is 0 Å². The van der Waals surface area contributed by atoms with Crippen molar-refractivity contribution in [3.05, 3.63) is 17.5 Å². The Morgan fingerprint density at radius 3 is 2.45 bits per heavy atom. The molecule has 0 radical (unpaired) electrons. The normalized spacial score (nSPS) is 18.0. The summed E-state index contributed by atoms with van der Waals surface area (Å²) in [5, 5.41) is 14.1. The maximum Gasteiger partial charge on any atom is 0.272 e. The highest BCUT2D eigenvalue weighted by Gasteiger charge is 2.34. The number of carbonyl (C=O) groups is 1. The number of amides is 1. The molecular formula is C17H29N3O2. The Kier molecular flexibility index (Phi) is 5.27. The van der Waals surface area contributed by atoms with E-state index in [2.05, 4.69) is 25.9 Å². The standard InChI is InChI=1S/C17H29N3O2/c1-5-17(12-21)7-9-19(10-8-17)16(22)15-11-14(13(3)4)18-20(15)6-2/h11,13,21H,5-10,12H2,1-4H3. The van der Waals surface area contributed by atoms with E-state index < -0.39 is 0 Å². The third kappa shape index (κ3) is 3.19. The molecule has 1 fully saturated rings. The molecule has 0 unspecified atom stereocenters. The molecule has 0 spiro atoms. The molecule has 5 heteroatoms. The lowest BCUT2D eigenvalue weighted by Crippen LogP contribution is -2.44. The summed E-state index contributed by atoms with van der Waals surface area (Å²) in [6, 6.07) is 1.93. The SMILES string of the molecule is CCn1nc(C(C)C)cc1C(=O)N1CCC(CC)(CO)CC1. The summed E-state index contributed by atoms with van der Waals surface area (Å²) < 4.78 is 1.81. The van der Waals surface area contributed by atoms with Crippen LogP contribution in [-0.4, -0.2) is 45.4 Å². The molecule has 0 bridgehead atoms. The molecule has 1 aliphatic heterocycles. The van der Waals surface area contributed by atoms with Crippen LogP contribution in [0, 0.1) is 5.41 Å². The summed E-state index contributed by atoms with van der Waals surface area (Å²) in [5.41, 5.74) is 1.67. The largest absolute Gasteiger partial charge is 0.396 e. The molecule has 1 N–H and O–H groups in total. The van der Waals surface area contributed by atoms with Crippen LogP contribution in [0.25, 0.3) is 0 Å². The van der Waals surface area contributed by atoms with Crippen LogP contribution in [0.4, 0.5) is 0 Å². The van der Waals surface area contributed by atoms with Crippen molar-refractivity contribution in [2.75, 3.05) is 19.7 Å². The lowest BCUT2D eigenvalue weighted by Gasteiger charge is -2.40. The van der Waals surface area contributed by atoms with E-state index in [0.29, 0.717) is 18.2 Å². The summed E-state index contributed by atoms with van der Waals surface area (Å²) in [6.45, 7) is 10.7. The van der Waals surface area contributed by atoms with Crippen LogP contribution in [0.3, 0.4) is 0 Å². The van der Waals surface area contributed by atoms with Gasteiger partial charge in [0.15, 0.2) is 0 Å². The van der Waals surface area contributed by atoms with Crippen LogP contribution in [0.15, 0.2) is 6.07 Å². The number of aliphatic hydroxyl groups is 1. The lowest BCUT2D eigenvalue weighted by molar-refractivity contribution is 0.0331. The van der Waals surface area contributed by atoms with Crippen LogP contribution in [0.5, 0.6) is 0 Å². The minimum atomic E-state index is 0.00483. The number of piperidine rings is 1. The van der Waals surface area contributed by atoms with E-state index in [1.54, 1.807) is 0 Å². The van der Waals surface area contributed by atoms with Crippen LogP contribution in [0.2, 0.25) is 0 Å². The van der Waals surface area contributed by atoms with Gasteiger partial charge in [0.25, 0.3) is 5.91 Å². The van der Waals surface area contributed by atoms with Crippen molar-refractivity contribution in [2.45, 2.75) is 59.4 Å². The number of hydrogen-bond donors (Lipinski definition) is 1. The number of rotatable bonds is 5. The van der Waals surface area contributed by atoms with E-state index in [1.165, 1.54) is 0 Å². The van der Waals surface area contributed by atoms with Crippen molar-refractivity contribution < 1.29 is 9.90 Å². The zero-order valence-electron chi connectivity index (χ0n) is 14.3. The smallest absolute Gasteiger partial charge is 0.272 e. The first-order chi connectivity index (χ1) is 10.5. The number of aliphatic hydroxyl groups excluding tert-OH is 1. The van der Waals surface area contributed by atoms with E-state index >= 15 is 0 Å². The van der Waals surface area contributed by atoms with Crippen molar-refractivity contribution in [1.29, 1.82) is 0 Å². The molecule has 0 saturated carbocycles. The number of nitrogens with zero attached hydrogens (tertiary/aromatic N) is 3. The van der Waals surface area contributed by atoms with Gasteiger partial charge in [-0.25, -0.2) is 0 Å². The highest BCUT2D eigenvalue weighted by atomic mass is 16.3. The molecule has 0 aromatic carbocycles. The number of aryl methyl sites for hydroxylation is 1. The number of aromatic nitrogens is 2. The monoisotopic (exact) mass is 307 g/mol.